The molecule has 0 spiro atoms. The third kappa shape index (κ3) is 6.01. The zero-order valence-corrected chi connectivity index (χ0v) is 18.1. The van der Waals surface area contributed by atoms with Gasteiger partial charge in [-0.25, -0.2) is 13.1 Å². The predicted molar refractivity (Wildman–Crippen MR) is 113 cm³/mol. The maximum Gasteiger partial charge on any atom is 0.434 e. The molecule has 0 saturated carbocycles. The first kappa shape index (κ1) is 23.6. The summed E-state index contributed by atoms with van der Waals surface area (Å²) in [7, 11) is -3.22. The van der Waals surface area contributed by atoms with Gasteiger partial charge < -0.3 is 10.1 Å². The van der Waals surface area contributed by atoms with E-state index >= 15 is 0 Å². The summed E-state index contributed by atoms with van der Waals surface area (Å²) in [6.07, 6.45) is -2.98. The fraction of sp³-hybridized carbons (Fsp3) is 0.200. The molecule has 0 fully saturated rings. The van der Waals surface area contributed by atoms with Crippen LogP contribution in [0.5, 0.6) is 5.75 Å². The van der Waals surface area contributed by atoms with Crippen LogP contribution in [0.25, 0.3) is 5.69 Å². The van der Waals surface area contributed by atoms with E-state index in [4.69, 9.17) is 16.3 Å². The number of hydrogen-bond donors (Lipinski definition) is 1. The van der Waals surface area contributed by atoms with Crippen molar-refractivity contribution >= 4 is 33.0 Å². The maximum atomic E-state index is 13.8. The molecular weight excluding hydrogens is 471 g/mol. The summed E-state index contributed by atoms with van der Waals surface area (Å²) in [5.41, 5.74) is -1.72. The average molecular weight is 488 g/mol. The molecule has 2 aromatic carbocycles. The van der Waals surface area contributed by atoms with Gasteiger partial charge in [0, 0.05) is 23.0 Å². The topological polar surface area (TPSA) is 90.3 Å². The van der Waals surface area contributed by atoms with Crippen molar-refractivity contribution in [3.05, 3.63) is 71.0 Å². The van der Waals surface area contributed by atoms with Crippen molar-refractivity contribution in [1.29, 1.82) is 0 Å². The normalized spacial score (nSPS) is 11.9. The Bertz CT molecular complexity index is 1240. The standard InChI is InChI=1S/C20H17ClF3N3O4S/c1-32(29,30)9-8-31-16-7-3-5-14(11-16)26-19(28)17-12-25-27(18(17)20(22,23)24)15-6-2-4-13(21)10-15/h2-7,10-12H,8-9H2,1H3,(H,26,28). The van der Waals surface area contributed by atoms with Crippen LogP contribution in [-0.4, -0.2) is 42.7 Å². The molecule has 170 valence electrons. The molecule has 7 nitrogen and oxygen atoms in total. The number of aromatic nitrogens is 2. The molecule has 0 aliphatic heterocycles. The molecule has 1 amide bonds. The second-order valence-electron chi connectivity index (χ2n) is 6.76. The van der Waals surface area contributed by atoms with Crippen LogP contribution in [0.15, 0.2) is 54.7 Å². The number of alkyl halides is 3. The van der Waals surface area contributed by atoms with Crippen LogP contribution < -0.4 is 10.1 Å². The van der Waals surface area contributed by atoms with E-state index < -0.39 is 33.2 Å². The van der Waals surface area contributed by atoms with E-state index in [-0.39, 0.29) is 34.5 Å². The molecule has 1 aromatic heterocycles. The summed E-state index contributed by atoms with van der Waals surface area (Å²) < 4.78 is 69.6. The number of hydrogen-bond acceptors (Lipinski definition) is 5. The minimum atomic E-state index is -4.87. The van der Waals surface area contributed by atoms with E-state index in [1.807, 2.05) is 0 Å². The molecular formula is C20H17ClF3N3O4S. The third-order valence-electron chi connectivity index (χ3n) is 4.15. The smallest absolute Gasteiger partial charge is 0.434 e. The Hall–Kier alpha value is -3.05. The van der Waals surface area contributed by atoms with Crippen molar-refractivity contribution in [1.82, 2.24) is 9.78 Å². The van der Waals surface area contributed by atoms with Gasteiger partial charge in [0.1, 0.15) is 12.4 Å². The highest BCUT2D eigenvalue weighted by Crippen LogP contribution is 2.34. The number of sulfone groups is 1. The zero-order chi connectivity index (χ0) is 23.5. The molecule has 0 unspecified atom stereocenters. The Labute approximate surface area is 186 Å². The van der Waals surface area contributed by atoms with Gasteiger partial charge in [0.25, 0.3) is 5.91 Å². The number of rotatable bonds is 7. The molecule has 3 aromatic rings. The summed E-state index contributed by atoms with van der Waals surface area (Å²) in [4.78, 5) is 12.6. The van der Waals surface area contributed by atoms with Gasteiger partial charge in [-0.15, -0.1) is 0 Å². The van der Waals surface area contributed by atoms with Crippen LogP contribution in [-0.2, 0) is 16.0 Å². The van der Waals surface area contributed by atoms with Crippen LogP contribution >= 0.6 is 11.6 Å². The molecule has 0 bridgehead atoms. The molecule has 0 saturated heterocycles. The lowest BCUT2D eigenvalue weighted by Gasteiger charge is -2.13. The highest BCUT2D eigenvalue weighted by atomic mass is 35.5. The number of ether oxygens (including phenoxy) is 1. The Morgan fingerprint density at radius 1 is 1.19 bits per heavy atom. The van der Waals surface area contributed by atoms with Gasteiger partial charge in [-0.2, -0.15) is 18.3 Å². The zero-order valence-electron chi connectivity index (χ0n) is 16.6. The van der Waals surface area contributed by atoms with E-state index in [2.05, 4.69) is 10.4 Å². The monoisotopic (exact) mass is 487 g/mol. The number of anilines is 1. The van der Waals surface area contributed by atoms with Crippen molar-refractivity contribution in [2.24, 2.45) is 0 Å². The van der Waals surface area contributed by atoms with Crippen molar-refractivity contribution in [3.63, 3.8) is 0 Å². The number of nitrogens with zero attached hydrogens (tertiary/aromatic N) is 2. The first-order valence-corrected chi connectivity index (χ1v) is 11.5. The van der Waals surface area contributed by atoms with Gasteiger partial charge in [-0.05, 0) is 30.3 Å². The van der Waals surface area contributed by atoms with Crippen molar-refractivity contribution in [3.8, 4) is 11.4 Å². The molecule has 3 rings (SSSR count). The van der Waals surface area contributed by atoms with Crippen LogP contribution in [0.3, 0.4) is 0 Å². The first-order chi connectivity index (χ1) is 14.9. The minimum Gasteiger partial charge on any atom is -0.492 e. The number of amides is 1. The second-order valence-corrected chi connectivity index (χ2v) is 9.45. The Kier molecular flexibility index (Phi) is 6.79. The lowest BCUT2D eigenvalue weighted by atomic mass is 10.2. The van der Waals surface area contributed by atoms with E-state index in [9.17, 15) is 26.4 Å². The summed E-state index contributed by atoms with van der Waals surface area (Å²) in [6, 6.07) is 11.5. The van der Waals surface area contributed by atoms with Gasteiger partial charge in [-0.1, -0.05) is 23.7 Å². The lowest BCUT2D eigenvalue weighted by Crippen LogP contribution is -2.20. The quantitative estimate of drug-likeness (QED) is 0.539. The fourth-order valence-electron chi connectivity index (χ4n) is 2.76. The van der Waals surface area contributed by atoms with Crippen LogP contribution in [0.4, 0.5) is 18.9 Å². The molecule has 32 heavy (non-hydrogen) atoms. The van der Waals surface area contributed by atoms with Gasteiger partial charge in [0.05, 0.1) is 23.2 Å². The second kappa shape index (κ2) is 9.21. The van der Waals surface area contributed by atoms with Gasteiger partial charge in [0.2, 0.25) is 0 Å². The number of halogens is 4. The number of carbonyl (C=O) groups is 1. The average Bonchev–Trinajstić information content (AvgIpc) is 3.13. The molecule has 12 heteroatoms. The highest BCUT2D eigenvalue weighted by molar-refractivity contribution is 7.90. The number of nitrogens with one attached hydrogen (secondary N) is 1. The fourth-order valence-corrected chi connectivity index (χ4v) is 3.33. The molecule has 0 aliphatic carbocycles. The van der Waals surface area contributed by atoms with E-state index in [0.29, 0.717) is 4.68 Å². The molecule has 0 aliphatic rings. The van der Waals surface area contributed by atoms with Crippen molar-refractivity contribution < 1.29 is 31.1 Å². The Morgan fingerprint density at radius 3 is 2.56 bits per heavy atom. The highest BCUT2D eigenvalue weighted by Gasteiger charge is 2.40. The molecule has 1 N–H and O–H groups in total. The Balaban J connectivity index is 1.85. The van der Waals surface area contributed by atoms with Crippen LogP contribution in [0, 0.1) is 0 Å². The van der Waals surface area contributed by atoms with E-state index in [1.54, 1.807) is 0 Å². The van der Waals surface area contributed by atoms with Crippen molar-refractivity contribution in [2.75, 3.05) is 23.9 Å². The van der Waals surface area contributed by atoms with Gasteiger partial charge >= 0.3 is 6.18 Å². The Morgan fingerprint density at radius 2 is 1.91 bits per heavy atom. The summed E-state index contributed by atoms with van der Waals surface area (Å²) in [5, 5.41) is 6.32. The molecule has 0 atom stereocenters. The van der Waals surface area contributed by atoms with Crippen molar-refractivity contribution in [2.45, 2.75) is 6.18 Å². The SMILES string of the molecule is CS(=O)(=O)CCOc1cccc(NC(=O)c2cnn(-c3cccc(Cl)c3)c2C(F)(F)F)c1. The summed E-state index contributed by atoms with van der Waals surface area (Å²) >= 11 is 5.87. The maximum absolute atomic E-state index is 13.8. The first-order valence-electron chi connectivity index (χ1n) is 9.07. The summed E-state index contributed by atoms with van der Waals surface area (Å²) in [5.74, 6) is -0.989. The van der Waals surface area contributed by atoms with E-state index in [0.717, 1.165) is 12.5 Å². The lowest BCUT2D eigenvalue weighted by molar-refractivity contribution is -0.143. The third-order valence-corrected chi connectivity index (χ3v) is 5.29. The minimum absolute atomic E-state index is 0.0464. The van der Waals surface area contributed by atoms with Crippen LogP contribution in [0.1, 0.15) is 16.1 Å². The van der Waals surface area contributed by atoms with E-state index in [1.165, 1.54) is 48.5 Å². The predicted octanol–water partition coefficient (Wildman–Crippen LogP) is 4.22. The van der Waals surface area contributed by atoms with Gasteiger partial charge in [-0.3, -0.25) is 4.79 Å². The van der Waals surface area contributed by atoms with Crippen LogP contribution in [0.2, 0.25) is 5.02 Å². The molecule has 1 heterocycles. The van der Waals surface area contributed by atoms with Gasteiger partial charge in [0.15, 0.2) is 15.5 Å². The number of carbonyl (C=O) groups excluding carboxylic acids is 1. The largest absolute Gasteiger partial charge is 0.492 e. The number of benzene rings is 2. The summed E-state index contributed by atoms with van der Waals surface area (Å²) in [6.45, 7) is -0.110. The molecule has 0 radical (unpaired) electrons.